The van der Waals surface area contributed by atoms with Crippen LogP contribution < -0.4 is 0 Å². The van der Waals surface area contributed by atoms with Crippen molar-refractivity contribution >= 4 is 75.2 Å². The molecule has 122 valence electrons. The van der Waals surface area contributed by atoms with Gasteiger partial charge in [0.2, 0.25) is 4.77 Å². The van der Waals surface area contributed by atoms with Gasteiger partial charge in [-0.3, -0.25) is 0 Å². The van der Waals surface area contributed by atoms with Crippen molar-refractivity contribution in [2.75, 3.05) is 0 Å². The van der Waals surface area contributed by atoms with E-state index in [0.29, 0.717) is 21.2 Å². The average molecular weight is 583 g/mol. The molecule has 1 heterocycles. The Morgan fingerprint density at radius 3 is 2.67 bits per heavy atom. The first kappa shape index (κ1) is 17.8. The lowest BCUT2D eigenvalue weighted by atomic mass is 10.2. The molecule has 1 aromatic heterocycles. The molecule has 0 saturated heterocycles. The maximum atomic E-state index is 10.2. The number of aromatic amines is 1. The summed E-state index contributed by atoms with van der Waals surface area (Å²) in [6.45, 7) is 0. The van der Waals surface area contributed by atoms with Crippen molar-refractivity contribution in [2.45, 2.75) is 0 Å². The number of halogens is 3. The first-order valence-corrected chi connectivity index (χ1v) is 9.56. The van der Waals surface area contributed by atoms with E-state index in [-0.39, 0.29) is 5.75 Å². The predicted molar refractivity (Wildman–Crippen MR) is 114 cm³/mol. The van der Waals surface area contributed by atoms with Crippen molar-refractivity contribution in [1.82, 2.24) is 14.9 Å². The number of phenolic OH excluding ortho intramolecular Hbond substituents is 1. The standard InChI is InChI=1S/C15H9ClI2N4OS/c16-10-3-1-8(2-4-10)14-20-21-15(24)22(14)19-7-9-5-11(17)6-12(18)13(9)23/h1-7,23H,(H,21,24)/b19-7+. The largest absolute Gasteiger partial charge is 0.506 e. The van der Waals surface area contributed by atoms with Crippen molar-refractivity contribution in [3.63, 3.8) is 0 Å². The number of H-pyrrole nitrogens is 1. The molecule has 0 bridgehead atoms. The third-order valence-corrected chi connectivity index (χ3v) is 5.08. The van der Waals surface area contributed by atoms with E-state index in [4.69, 9.17) is 23.8 Å². The molecule has 5 nitrogen and oxygen atoms in total. The molecule has 3 rings (SSSR count). The molecule has 0 fully saturated rings. The Morgan fingerprint density at radius 2 is 1.96 bits per heavy atom. The van der Waals surface area contributed by atoms with E-state index in [1.165, 1.54) is 4.68 Å². The number of aromatic hydroxyl groups is 1. The van der Waals surface area contributed by atoms with Gasteiger partial charge in [0.25, 0.3) is 0 Å². The van der Waals surface area contributed by atoms with Crippen LogP contribution >= 0.6 is 69.0 Å². The molecule has 3 aromatic rings. The Hall–Kier alpha value is -0.980. The molecular weight excluding hydrogens is 574 g/mol. The van der Waals surface area contributed by atoms with Gasteiger partial charge in [0.1, 0.15) is 5.75 Å². The lowest BCUT2D eigenvalue weighted by Crippen LogP contribution is -1.96. The SMILES string of the molecule is Oc1c(I)cc(I)cc1/C=N/n1c(-c2ccc(Cl)cc2)n[nH]c1=S. The summed E-state index contributed by atoms with van der Waals surface area (Å²) in [5.74, 6) is 0.746. The monoisotopic (exact) mass is 582 g/mol. The van der Waals surface area contributed by atoms with E-state index in [1.54, 1.807) is 18.3 Å². The summed E-state index contributed by atoms with van der Waals surface area (Å²) < 4.78 is 3.63. The summed E-state index contributed by atoms with van der Waals surface area (Å²) in [5, 5.41) is 22.1. The second-order valence-electron chi connectivity index (χ2n) is 4.74. The van der Waals surface area contributed by atoms with Gasteiger partial charge in [-0.05, 0) is 93.8 Å². The minimum Gasteiger partial charge on any atom is -0.506 e. The van der Waals surface area contributed by atoms with E-state index in [1.807, 2.05) is 24.3 Å². The zero-order valence-electron chi connectivity index (χ0n) is 11.9. The van der Waals surface area contributed by atoms with E-state index in [0.717, 1.165) is 12.7 Å². The quantitative estimate of drug-likeness (QED) is 0.258. The van der Waals surface area contributed by atoms with Gasteiger partial charge in [0.05, 0.1) is 9.78 Å². The molecule has 24 heavy (non-hydrogen) atoms. The fourth-order valence-corrected chi connectivity index (χ4v) is 4.18. The van der Waals surface area contributed by atoms with E-state index >= 15 is 0 Å². The Kier molecular flexibility index (Phi) is 5.57. The summed E-state index contributed by atoms with van der Waals surface area (Å²) >= 11 is 15.4. The number of nitrogens with zero attached hydrogens (tertiary/aromatic N) is 3. The molecule has 0 aliphatic rings. The second-order valence-corrected chi connectivity index (χ2v) is 7.97. The van der Waals surface area contributed by atoms with Crippen LogP contribution in [0.3, 0.4) is 0 Å². The number of nitrogens with one attached hydrogen (secondary N) is 1. The summed E-state index contributed by atoms with van der Waals surface area (Å²) in [4.78, 5) is 0. The van der Waals surface area contributed by atoms with Gasteiger partial charge < -0.3 is 5.11 Å². The van der Waals surface area contributed by atoms with Crippen LogP contribution in [0.4, 0.5) is 0 Å². The molecule has 0 atom stereocenters. The van der Waals surface area contributed by atoms with Crippen LogP contribution in [0, 0.1) is 11.9 Å². The molecule has 9 heteroatoms. The highest BCUT2D eigenvalue weighted by molar-refractivity contribution is 14.1. The second kappa shape index (κ2) is 7.50. The van der Waals surface area contributed by atoms with Crippen molar-refractivity contribution in [3.8, 4) is 17.1 Å². The van der Waals surface area contributed by atoms with Crippen LogP contribution in [0.5, 0.6) is 5.75 Å². The third kappa shape index (κ3) is 3.81. The summed E-state index contributed by atoms with van der Waals surface area (Å²) in [6, 6.07) is 11.0. The van der Waals surface area contributed by atoms with Gasteiger partial charge in [-0.15, -0.1) is 0 Å². The zero-order valence-corrected chi connectivity index (χ0v) is 17.8. The van der Waals surface area contributed by atoms with Crippen LogP contribution in [-0.4, -0.2) is 26.2 Å². The molecule has 0 saturated carbocycles. The summed E-state index contributed by atoms with van der Waals surface area (Å²) in [5.41, 5.74) is 1.43. The van der Waals surface area contributed by atoms with E-state index in [9.17, 15) is 5.11 Å². The number of aromatic nitrogens is 3. The topological polar surface area (TPSA) is 66.2 Å². The molecule has 0 aliphatic heterocycles. The third-order valence-electron chi connectivity index (χ3n) is 3.12. The first-order chi connectivity index (χ1) is 11.5. The Balaban J connectivity index is 2.04. The van der Waals surface area contributed by atoms with Crippen molar-refractivity contribution in [2.24, 2.45) is 5.10 Å². The molecule has 0 amide bonds. The summed E-state index contributed by atoms with van der Waals surface area (Å²) in [7, 11) is 0. The lowest BCUT2D eigenvalue weighted by Gasteiger charge is -2.04. The Bertz CT molecular complexity index is 982. The van der Waals surface area contributed by atoms with Crippen LogP contribution in [0.15, 0.2) is 41.5 Å². The molecule has 0 unspecified atom stereocenters. The fraction of sp³-hybridized carbons (Fsp3) is 0. The Morgan fingerprint density at radius 1 is 1.25 bits per heavy atom. The fourth-order valence-electron chi connectivity index (χ4n) is 1.99. The van der Waals surface area contributed by atoms with Gasteiger partial charge in [0.15, 0.2) is 5.82 Å². The minimum absolute atomic E-state index is 0.183. The van der Waals surface area contributed by atoms with Gasteiger partial charge in [-0.2, -0.15) is 14.9 Å². The van der Waals surface area contributed by atoms with E-state index < -0.39 is 0 Å². The highest BCUT2D eigenvalue weighted by Crippen LogP contribution is 2.26. The highest BCUT2D eigenvalue weighted by atomic mass is 127. The maximum absolute atomic E-state index is 10.2. The van der Waals surface area contributed by atoms with Crippen molar-refractivity contribution in [1.29, 1.82) is 0 Å². The molecular formula is C15H9ClI2N4OS. The average Bonchev–Trinajstić information content (AvgIpc) is 2.91. The smallest absolute Gasteiger partial charge is 0.216 e. The lowest BCUT2D eigenvalue weighted by molar-refractivity contribution is 0.470. The number of hydrogen-bond acceptors (Lipinski definition) is 4. The van der Waals surface area contributed by atoms with Crippen LogP contribution in [0.25, 0.3) is 11.4 Å². The normalized spacial score (nSPS) is 11.3. The number of phenols is 1. The Labute approximate surface area is 175 Å². The van der Waals surface area contributed by atoms with E-state index in [2.05, 4.69) is 60.5 Å². The molecule has 2 aromatic carbocycles. The molecule has 0 aliphatic carbocycles. The first-order valence-electron chi connectivity index (χ1n) is 6.61. The number of hydrogen-bond donors (Lipinski definition) is 2. The minimum atomic E-state index is 0.183. The number of rotatable bonds is 3. The zero-order chi connectivity index (χ0) is 17.3. The number of benzene rings is 2. The highest BCUT2D eigenvalue weighted by Gasteiger charge is 2.09. The maximum Gasteiger partial charge on any atom is 0.216 e. The van der Waals surface area contributed by atoms with Crippen molar-refractivity contribution < 1.29 is 5.11 Å². The van der Waals surface area contributed by atoms with Crippen molar-refractivity contribution in [3.05, 3.63) is 58.9 Å². The molecule has 0 spiro atoms. The van der Waals surface area contributed by atoms with Crippen LogP contribution in [0.2, 0.25) is 5.02 Å². The molecule has 2 N–H and O–H groups in total. The molecule has 0 radical (unpaired) electrons. The van der Waals surface area contributed by atoms with Crippen LogP contribution in [0.1, 0.15) is 5.56 Å². The van der Waals surface area contributed by atoms with Gasteiger partial charge in [0, 0.05) is 19.7 Å². The summed E-state index contributed by atoms with van der Waals surface area (Å²) in [6.07, 6.45) is 1.56. The van der Waals surface area contributed by atoms with Gasteiger partial charge >= 0.3 is 0 Å². The van der Waals surface area contributed by atoms with Crippen LogP contribution in [-0.2, 0) is 0 Å². The predicted octanol–water partition coefficient (Wildman–Crippen LogP) is 5.06. The van der Waals surface area contributed by atoms with Gasteiger partial charge in [-0.1, -0.05) is 11.6 Å². The van der Waals surface area contributed by atoms with Gasteiger partial charge in [-0.25, -0.2) is 5.10 Å².